The van der Waals surface area contributed by atoms with Gasteiger partial charge in [-0.15, -0.1) is 0 Å². The van der Waals surface area contributed by atoms with Gasteiger partial charge >= 0.3 is 0 Å². The molecule has 192 valence electrons. The van der Waals surface area contributed by atoms with Crippen LogP contribution in [-0.4, -0.2) is 65.1 Å². The molecule has 2 aliphatic heterocycles. The van der Waals surface area contributed by atoms with Crippen molar-refractivity contribution >= 4 is 23.3 Å². The number of rotatable bonds is 7. The van der Waals surface area contributed by atoms with Gasteiger partial charge in [-0.3, -0.25) is 4.90 Å². The van der Waals surface area contributed by atoms with Gasteiger partial charge < -0.3 is 14.2 Å². The Morgan fingerprint density at radius 1 is 1.22 bits per heavy atom. The average molecular weight is 526 g/mol. The summed E-state index contributed by atoms with van der Waals surface area (Å²) in [6, 6.07) is 5.09. The van der Waals surface area contributed by atoms with Crippen LogP contribution in [0.3, 0.4) is 0 Å². The van der Waals surface area contributed by atoms with Crippen molar-refractivity contribution in [2.75, 3.05) is 33.1 Å². The molecule has 6 nitrogen and oxygen atoms in total. The van der Waals surface area contributed by atoms with E-state index in [2.05, 4.69) is 26.4 Å². The lowest BCUT2D eigenvalue weighted by molar-refractivity contribution is -0.273. The van der Waals surface area contributed by atoms with Crippen LogP contribution in [0, 0.1) is 24.2 Å². The van der Waals surface area contributed by atoms with E-state index in [1.807, 2.05) is 25.8 Å². The number of aromatic nitrogens is 2. The van der Waals surface area contributed by atoms with E-state index in [4.69, 9.17) is 14.2 Å². The summed E-state index contributed by atoms with van der Waals surface area (Å²) < 4.78 is 25.2. The Bertz CT molecular complexity index is 1230. The maximum Gasteiger partial charge on any atom is 0.170 e. The molecule has 5 aliphatic carbocycles. The zero-order chi connectivity index (χ0) is 24.3. The number of piperidine rings is 1. The number of methoxy groups -OCH3 is 2. The molecular weight excluding hydrogens is 490 g/mol. The van der Waals surface area contributed by atoms with Gasteiger partial charge in [-0.25, -0.2) is 4.98 Å². The lowest BCUT2D eigenvalue weighted by Crippen LogP contribution is -2.81. The summed E-state index contributed by atoms with van der Waals surface area (Å²) in [7, 11) is 3.72. The minimum Gasteiger partial charge on any atom is -0.493 e. The van der Waals surface area contributed by atoms with Crippen LogP contribution in [0.1, 0.15) is 55.5 Å². The molecule has 7 aliphatic rings. The zero-order valence-corrected chi connectivity index (χ0v) is 23.1. The number of hydrogen-bond acceptors (Lipinski definition) is 8. The van der Waals surface area contributed by atoms with Gasteiger partial charge in [-0.2, -0.15) is 4.37 Å². The zero-order valence-electron chi connectivity index (χ0n) is 21.4. The highest BCUT2D eigenvalue weighted by Crippen LogP contribution is 2.77. The first-order chi connectivity index (χ1) is 17.5. The fraction of sp³-hybridized carbons (Fsp3) is 0.714. The van der Waals surface area contributed by atoms with Crippen molar-refractivity contribution < 1.29 is 14.2 Å². The van der Waals surface area contributed by atoms with Crippen LogP contribution in [-0.2, 0) is 16.6 Å². The number of benzene rings is 1. The highest BCUT2D eigenvalue weighted by Gasteiger charge is 2.80. The quantitative estimate of drug-likeness (QED) is 0.478. The second-order valence-electron chi connectivity index (χ2n) is 12.1. The van der Waals surface area contributed by atoms with Gasteiger partial charge in [-0.1, -0.05) is 17.8 Å². The van der Waals surface area contributed by atoms with Crippen molar-refractivity contribution in [1.82, 2.24) is 14.3 Å². The van der Waals surface area contributed by atoms with Crippen molar-refractivity contribution in [3.05, 3.63) is 29.1 Å². The lowest BCUT2D eigenvalue weighted by Gasteiger charge is -2.74. The molecule has 2 aromatic rings. The predicted octanol–water partition coefficient (Wildman–Crippen LogP) is 4.87. The molecule has 36 heavy (non-hydrogen) atoms. The fourth-order valence-electron chi connectivity index (χ4n) is 9.40. The van der Waals surface area contributed by atoms with Crippen molar-refractivity contribution in [2.24, 2.45) is 17.3 Å². The van der Waals surface area contributed by atoms with Crippen LogP contribution in [0.5, 0.6) is 11.5 Å². The van der Waals surface area contributed by atoms with Crippen LogP contribution < -0.4 is 9.47 Å². The van der Waals surface area contributed by atoms with Crippen molar-refractivity contribution in [3.63, 3.8) is 0 Å². The summed E-state index contributed by atoms with van der Waals surface area (Å²) in [5, 5.41) is 0. The molecule has 3 heterocycles. The summed E-state index contributed by atoms with van der Waals surface area (Å²) in [5.74, 6) is 5.14. The average Bonchev–Trinajstić information content (AvgIpc) is 3.49. The summed E-state index contributed by atoms with van der Waals surface area (Å²) in [6.45, 7) is 4.45. The normalized spacial score (nSPS) is 39.7. The summed E-state index contributed by atoms with van der Waals surface area (Å²) in [4.78, 5) is 7.57. The fourth-order valence-corrected chi connectivity index (χ4v) is 11.3. The van der Waals surface area contributed by atoms with Gasteiger partial charge in [0.05, 0.1) is 7.11 Å². The van der Waals surface area contributed by atoms with E-state index in [0.29, 0.717) is 12.0 Å². The van der Waals surface area contributed by atoms with Crippen molar-refractivity contribution in [1.29, 1.82) is 0 Å². The number of likely N-dealkylation sites (tertiary alicyclic amines) is 1. The summed E-state index contributed by atoms with van der Waals surface area (Å²) in [5.41, 5.74) is 2.97. The van der Waals surface area contributed by atoms with E-state index in [0.717, 1.165) is 46.2 Å². The number of fused-ring (bicyclic) bond motifs is 2. The second kappa shape index (κ2) is 7.61. The van der Waals surface area contributed by atoms with E-state index in [-0.39, 0.29) is 22.5 Å². The summed E-state index contributed by atoms with van der Waals surface area (Å²) in [6.07, 6.45) is 8.73. The third-order valence-corrected chi connectivity index (χ3v) is 13.0. The Hall–Kier alpha value is -1.35. The molecule has 1 aromatic heterocycles. The number of thioether (sulfide) groups is 1. The first-order valence-electron chi connectivity index (χ1n) is 13.6. The molecule has 1 unspecified atom stereocenters. The van der Waals surface area contributed by atoms with E-state index < -0.39 is 0 Å². The third-order valence-electron chi connectivity index (χ3n) is 10.9. The highest BCUT2D eigenvalue weighted by atomic mass is 32.2. The van der Waals surface area contributed by atoms with Crippen LogP contribution >= 0.6 is 23.3 Å². The molecule has 0 N–H and O–H groups in total. The van der Waals surface area contributed by atoms with Crippen LogP contribution in [0.25, 0.3) is 0 Å². The maximum atomic E-state index is 7.14. The summed E-state index contributed by atoms with van der Waals surface area (Å²) >= 11 is 3.40. The first-order valence-corrected chi connectivity index (χ1v) is 15.4. The number of ether oxygens (including phenoxy) is 3. The minimum atomic E-state index is -0.281. The topological polar surface area (TPSA) is 56.7 Å². The Balaban J connectivity index is 1.27. The molecular formula is C28H35N3O3S2. The van der Waals surface area contributed by atoms with Crippen molar-refractivity contribution in [2.45, 2.75) is 79.4 Å². The van der Waals surface area contributed by atoms with E-state index in [9.17, 15) is 0 Å². The minimum absolute atomic E-state index is 0.0317. The van der Waals surface area contributed by atoms with Gasteiger partial charge in [0.25, 0.3) is 0 Å². The Kier molecular flexibility index (Phi) is 4.78. The SMILES string of the molecule is COc1ccc2c3c1O[C@H]1[C@@]4(OC)CC[C@@]5(C[C@@H]4CSc4nc(C)ns4)C(C2)N(CC2CC2)CC[C@]315. The van der Waals surface area contributed by atoms with Crippen LogP contribution in [0.4, 0.5) is 0 Å². The Morgan fingerprint density at radius 2 is 2.11 bits per heavy atom. The maximum absolute atomic E-state index is 7.14. The molecule has 9 rings (SSSR count). The van der Waals surface area contributed by atoms with Crippen molar-refractivity contribution in [3.8, 4) is 11.5 Å². The van der Waals surface area contributed by atoms with Gasteiger partial charge in [0.15, 0.2) is 15.8 Å². The van der Waals surface area contributed by atoms with Gasteiger partial charge in [0.1, 0.15) is 17.5 Å². The molecule has 4 bridgehead atoms. The van der Waals surface area contributed by atoms with E-state index >= 15 is 0 Å². The largest absolute Gasteiger partial charge is 0.493 e. The molecule has 2 spiro atoms. The molecule has 4 saturated carbocycles. The van der Waals surface area contributed by atoms with Gasteiger partial charge in [0, 0.05) is 47.8 Å². The standard InChI is InChI=1S/C28H35N3O3S2/c1-16-29-25(36-30-16)35-15-19-13-26-8-9-28(19,33-3)24-27(26)10-11-31(14-17-4-5-17)21(26)12-18-6-7-20(32-2)23(34-24)22(18)27/h6-7,17,19,21,24H,4-5,8-15H2,1-3H3/t19-,21?,24-,26-,27+,28-/m1/s1. The molecule has 5 fully saturated rings. The molecule has 8 heteroatoms. The first kappa shape index (κ1) is 22.6. The Labute approximate surface area is 221 Å². The highest BCUT2D eigenvalue weighted by molar-refractivity contribution is 8.00. The molecule has 0 amide bonds. The second-order valence-corrected chi connectivity index (χ2v) is 14.2. The number of aryl methyl sites for hydroxylation is 1. The van der Waals surface area contributed by atoms with E-state index in [1.165, 1.54) is 67.9 Å². The van der Waals surface area contributed by atoms with E-state index in [1.54, 1.807) is 7.11 Å². The van der Waals surface area contributed by atoms with Gasteiger partial charge in [0.2, 0.25) is 0 Å². The monoisotopic (exact) mass is 525 g/mol. The molecule has 1 aromatic carbocycles. The van der Waals surface area contributed by atoms with Crippen LogP contribution in [0.15, 0.2) is 16.5 Å². The van der Waals surface area contributed by atoms with Gasteiger partial charge in [-0.05, 0) is 87.5 Å². The molecule has 1 saturated heterocycles. The lowest BCUT2D eigenvalue weighted by atomic mass is 9.35. The molecule has 0 radical (unpaired) electrons. The number of nitrogens with zero attached hydrogens (tertiary/aromatic N) is 3. The Morgan fingerprint density at radius 3 is 2.86 bits per heavy atom. The predicted molar refractivity (Wildman–Crippen MR) is 140 cm³/mol. The smallest absolute Gasteiger partial charge is 0.170 e. The third kappa shape index (κ3) is 2.67. The molecule has 6 atom stereocenters. The van der Waals surface area contributed by atoms with Crippen LogP contribution in [0.2, 0.25) is 0 Å². The number of hydrogen-bond donors (Lipinski definition) is 0.